The predicted octanol–water partition coefficient (Wildman–Crippen LogP) is 5.27. The molecule has 1 amide bonds. The van der Waals surface area contributed by atoms with Crippen LogP contribution < -0.4 is 5.32 Å². The smallest absolute Gasteiger partial charge is 0.407 e. The van der Waals surface area contributed by atoms with E-state index < -0.39 is 0 Å². The standard InChI is InChI=1S/C22H25NO2/c1-3-4-5-10-16(2)23-22(24)25-15-21-19-13-8-6-11-17(19)18-12-7-9-14-20(18)21/h3,6-9,11-14,16,21H,1,4-5,10,15H2,2H3,(H,23,24)/t16-/m0/s1. The SMILES string of the molecule is C=CCCC[C@H](C)NC(=O)OCC1c2ccccc2-c2ccccc21. The van der Waals surface area contributed by atoms with Gasteiger partial charge in [-0.1, -0.05) is 54.6 Å². The lowest BCUT2D eigenvalue weighted by molar-refractivity contribution is 0.139. The molecule has 1 aliphatic rings. The molecule has 1 N–H and O–H groups in total. The molecule has 0 spiro atoms. The van der Waals surface area contributed by atoms with Crippen LogP contribution in [-0.4, -0.2) is 18.7 Å². The molecule has 3 nitrogen and oxygen atoms in total. The number of benzene rings is 2. The van der Waals surface area contributed by atoms with E-state index in [0.29, 0.717) is 6.61 Å². The number of rotatable bonds is 7. The van der Waals surface area contributed by atoms with Gasteiger partial charge in [0.2, 0.25) is 0 Å². The van der Waals surface area contributed by atoms with E-state index >= 15 is 0 Å². The van der Waals surface area contributed by atoms with E-state index in [0.717, 1.165) is 19.3 Å². The average Bonchev–Trinajstić information content (AvgIpc) is 2.94. The maximum absolute atomic E-state index is 12.1. The van der Waals surface area contributed by atoms with Crippen molar-refractivity contribution in [2.75, 3.05) is 6.61 Å². The Balaban J connectivity index is 1.62. The Morgan fingerprint density at radius 3 is 2.36 bits per heavy atom. The van der Waals surface area contributed by atoms with E-state index in [4.69, 9.17) is 4.74 Å². The van der Waals surface area contributed by atoms with Gasteiger partial charge in [-0.3, -0.25) is 0 Å². The van der Waals surface area contributed by atoms with Crippen molar-refractivity contribution < 1.29 is 9.53 Å². The quantitative estimate of drug-likeness (QED) is 0.553. The lowest BCUT2D eigenvalue weighted by Gasteiger charge is -2.17. The molecule has 25 heavy (non-hydrogen) atoms. The Hall–Kier alpha value is -2.55. The van der Waals surface area contributed by atoms with Gasteiger partial charge in [-0.2, -0.15) is 0 Å². The third-order valence-corrected chi connectivity index (χ3v) is 4.75. The zero-order chi connectivity index (χ0) is 17.6. The first-order chi connectivity index (χ1) is 12.2. The van der Waals surface area contributed by atoms with Gasteiger partial charge >= 0.3 is 6.09 Å². The average molecular weight is 335 g/mol. The van der Waals surface area contributed by atoms with Crippen molar-refractivity contribution in [3.8, 4) is 11.1 Å². The first-order valence-electron chi connectivity index (χ1n) is 8.93. The van der Waals surface area contributed by atoms with E-state index in [2.05, 4.69) is 48.3 Å². The second-order valence-corrected chi connectivity index (χ2v) is 6.59. The van der Waals surface area contributed by atoms with Gasteiger partial charge in [0, 0.05) is 12.0 Å². The first-order valence-corrected chi connectivity index (χ1v) is 8.93. The van der Waals surface area contributed by atoms with E-state index in [1.165, 1.54) is 22.3 Å². The summed E-state index contributed by atoms with van der Waals surface area (Å²) in [6.45, 7) is 6.08. The van der Waals surface area contributed by atoms with Crippen molar-refractivity contribution in [3.63, 3.8) is 0 Å². The minimum atomic E-state index is -0.340. The molecule has 3 rings (SSSR count). The van der Waals surface area contributed by atoms with Gasteiger partial charge in [0.05, 0.1) is 0 Å². The van der Waals surface area contributed by atoms with Gasteiger partial charge in [0.15, 0.2) is 0 Å². The van der Waals surface area contributed by atoms with E-state index in [1.807, 2.05) is 25.1 Å². The van der Waals surface area contributed by atoms with Crippen LogP contribution in [0.25, 0.3) is 11.1 Å². The fourth-order valence-corrected chi connectivity index (χ4v) is 3.48. The van der Waals surface area contributed by atoms with Gasteiger partial charge < -0.3 is 10.1 Å². The molecular weight excluding hydrogens is 310 g/mol. The third-order valence-electron chi connectivity index (χ3n) is 4.75. The van der Waals surface area contributed by atoms with Gasteiger partial charge in [-0.25, -0.2) is 4.79 Å². The van der Waals surface area contributed by atoms with Crippen LogP contribution in [-0.2, 0) is 4.74 Å². The monoisotopic (exact) mass is 335 g/mol. The highest BCUT2D eigenvalue weighted by molar-refractivity contribution is 5.79. The van der Waals surface area contributed by atoms with Crippen LogP contribution in [0.3, 0.4) is 0 Å². The second-order valence-electron chi connectivity index (χ2n) is 6.59. The minimum Gasteiger partial charge on any atom is -0.449 e. The van der Waals surface area contributed by atoms with E-state index in [-0.39, 0.29) is 18.1 Å². The number of ether oxygens (including phenoxy) is 1. The van der Waals surface area contributed by atoms with Crippen molar-refractivity contribution in [1.82, 2.24) is 5.32 Å². The van der Waals surface area contributed by atoms with Gasteiger partial charge in [-0.05, 0) is 48.4 Å². The Kier molecular flexibility index (Phi) is 5.54. The number of fused-ring (bicyclic) bond motifs is 3. The number of carbonyl (C=O) groups is 1. The fourth-order valence-electron chi connectivity index (χ4n) is 3.48. The summed E-state index contributed by atoms with van der Waals surface area (Å²) in [5, 5.41) is 2.92. The van der Waals surface area contributed by atoms with Crippen molar-refractivity contribution in [2.45, 2.75) is 38.1 Å². The third kappa shape index (κ3) is 3.93. The largest absolute Gasteiger partial charge is 0.449 e. The summed E-state index contributed by atoms with van der Waals surface area (Å²) in [4.78, 5) is 12.1. The molecule has 0 aromatic heterocycles. The van der Waals surface area contributed by atoms with Gasteiger partial charge in [0.25, 0.3) is 0 Å². The second kappa shape index (κ2) is 8.02. The lowest BCUT2D eigenvalue weighted by Crippen LogP contribution is -2.33. The van der Waals surface area contributed by atoms with Gasteiger partial charge in [0.1, 0.15) is 6.61 Å². The summed E-state index contributed by atoms with van der Waals surface area (Å²) in [6.07, 6.45) is 4.48. The van der Waals surface area contributed by atoms with Crippen LogP contribution >= 0.6 is 0 Å². The number of nitrogens with one attached hydrogen (secondary N) is 1. The fraction of sp³-hybridized carbons (Fsp3) is 0.318. The number of alkyl carbamates (subject to hydrolysis) is 1. The number of unbranched alkanes of at least 4 members (excludes halogenated alkanes) is 1. The van der Waals surface area contributed by atoms with Crippen LogP contribution in [0.1, 0.15) is 43.2 Å². The first kappa shape index (κ1) is 17.3. The normalized spacial score (nSPS) is 13.6. The Bertz CT molecular complexity index is 708. The predicted molar refractivity (Wildman–Crippen MR) is 102 cm³/mol. The Morgan fingerprint density at radius 1 is 1.16 bits per heavy atom. The summed E-state index contributed by atoms with van der Waals surface area (Å²) in [6, 6.07) is 16.8. The molecule has 0 fully saturated rings. The number of hydrogen-bond donors (Lipinski definition) is 1. The molecule has 0 radical (unpaired) electrons. The molecule has 2 aromatic carbocycles. The highest BCUT2D eigenvalue weighted by Crippen LogP contribution is 2.44. The maximum Gasteiger partial charge on any atom is 0.407 e. The van der Waals surface area contributed by atoms with Crippen LogP contribution in [0.5, 0.6) is 0 Å². The van der Waals surface area contributed by atoms with Gasteiger partial charge in [-0.15, -0.1) is 6.58 Å². The molecule has 2 aromatic rings. The van der Waals surface area contributed by atoms with Crippen molar-refractivity contribution in [2.24, 2.45) is 0 Å². The summed E-state index contributed by atoms with van der Waals surface area (Å²) >= 11 is 0. The highest BCUT2D eigenvalue weighted by Gasteiger charge is 2.29. The molecular formula is C22H25NO2. The number of carbonyl (C=O) groups excluding carboxylic acids is 1. The zero-order valence-corrected chi connectivity index (χ0v) is 14.7. The Morgan fingerprint density at radius 2 is 1.76 bits per heavy atom. The molecule has 0 saturated heterocycles. The summed E-state index contributed by atoms with van der Waals surface area (Å²) in [7, 11) is 0. The molecule has 130 valence electrons. The number of hydrogen-bond acceptors (Lipinski definition) is 2. The molecule has 1 atom stereocenters. The minimum absolute atomic E-state index is 0.106. The highest BCUT2D eigenvalue weighted by atomic mass is 16.5. The summed E-state index contributed by atoms with van der Waals surface area (Å²) in [5.74, 6) is 0.106. The molecule has 0 unspecified atom stereocenters. The van der Waals surface area contributed by atoms with Crippen molar-refractivity contribution in [1.29, 1.82) is 0 Å². The number of amides is 1. The van der Waals surface area contributed by atoms with E-state index in [9.17, 15) is 4.79 Å². The zero-order valence-electron chi connectivity index (χ0n) is 14.7. The summed E-state index contributed by atoms with van der Waals surface area (Å²) in [5.41, 5.74) is 4.95. The molecule has 0 aliphatic heterocycles. The van der Waals surface area contributed by atoms with Crippen LogP contribution in [0, 0.1) is 0 Å². The molecule has 3 heteroatoms. The molecule has 0 heterocycles. The van der Waals surface area contributed by atoms with Crippen molar-refractivity contribution in [3.05, 3.63) is 72.3 Å². The molecule has 1 aliphatic carbocycles. The Labute approximate surface area is 149 Å². The number of allylic oxidation sites excluding steroid dienone is 1. The maximum atomic E-state index is 12.1. The van der Waals surface area contributed by atoms with Crippen LogP contribution in [0.4, 0.5) is 4.79 Å². The van der Waals surface area contributed by atoms with Crippen LogP contribution in [0.2, 0.25) is 0 Å². The lowest BCUT2D eigenvalue weighted by atomic mass is 9.98. The molecule has 0 bridgehead atoms. The molecule has 0 saturated carbocycles. The van der Waals surface area contributed by atoms with Crippen LogP contribution in [0.15, 0.2) is 61.2 Å². The van der Waals surface area contributed by atoms with E-state index in [1.54, 1.807) is 0 Å². The van der Waals surface area contributed by atoms with Crippen molar-refractivity contribution >= 4 is 6.09 Å². The summed E-state index contributed by atoms with van der Waals surface area (Å²) < 4.78 is 5.55. The topological polar surface area (TPSA) is 38.3 Å².